The topological polar surface area (TPSA) is 157 Å². The van der Waals surface area contributed by atoms with Crippen LogP contribution in [0, 0.1) is 10.8 Å². The minimum atomic E-state index is -0.938. The lowest BCUT2D eigenvalue weighted by molar-refractivity contribution is 0.0915. The molecule has 0 aromatic carbocycles. The Morgan fingerprint density at radius 1 is 1.13 bits per heavy atom. The molecule has 2 unspecified atom stereocenters. The van der Waals surface area contributed by atoms with E-state index in [-0.39, 0.29) is 16.9 Å². The number of carbonyl (C=O) groups is 2. The summed E-state index contributed by atoms with van der Waals surface area (Å²) >= 11 is 0. The molecule has 4 amide bonds. The van der Waals surface area contributed by atoms with Crippen LogP contribution in [0.4, 0.5) is 9.59 Å². The number of hydrogen-bond donors (Lipinski definition) is 3. The van der Waals surface area contributed by atoms with Gasteiger partial charge in [0.05, 0.1) is 12.6 Å². The minimum Gasteiger partial charge on any atom is -0.351 e. The number of carbonyl (C=O) groups excluding carboxylic acids is 4. The molecule has 0 heterocycles. The van der Waals surface area contributed by atoms with E-state index in [0.717, 1.165) is 19.3 Å². The highest BCUT2D eigenvalue weighted by atomic mass is 16.2. The SMILES string of the molecule is CC1(C)CC(N=C=O)CC(C)(CN=C=O)C1.NC(=O)NC(N)=O. The van der Waals surface area contributed by atoms with Gasteiger partial charge in [0.1, 0.15) is 0 Å². The summed E-state index contributed by atoms with van der Waals surface area (Å²) in [4.78, 5) is 47.3. The van der Waals surface area contributed by atoms with Crippen molar-refractivity contribution < 1.29 is 19.2 Å². The zero-order valence-corrected chi connectivity index (χ0v) is 13.6. The first-order chi connectivity index (χ1) is 10.5. The van der Waals surface area contributed by atoms with E-state index in [2.05, 4.69) is 42.2 Å². The van der Waals surface area contributed by atoms with Crippen molar-refractivity contribution in [1.82, 2.24) is 5.32 Å². The molecule has 128 valence electrons. The first-order valence-electron chi connectivity index (χ1n) is 7.00. The Morgan fingerprint density at radius 2 is 1.70 bits per heavy atom. The van der Waals surface area contributed by atoms with E-state index in [1.807, 2.05) is 0 Å². The predicted molar refractivity (Wildman–Crippen MR) is 82.9 cm³/mol. The molecule has 1 rings (SSSR count). The van der Waals surface area contributed by atoms with Crippen LogP contribution in [-0.4, -0.2) is 36.8 Å². The number of aliphatic imine (C=N–C) groups is 2. The van der Waals surface area contributed by atoms with Gasteiger partial charge in [-0.2, -0.15) is 0 Å². The van der Waals surface area contributed by atoms with Gasteiger partial charge in [0, 0.05) is 0 Å². The average molecular weight is 325 g/mol. The fourth-order valence-electron chi connectivity index (χ4n) is 3.21. The first kappa shape index (κ1) is 20.5. The Kier molecular flexibility index (Phi) is 7.87. The van der Waals surface area contributed by atoms with E-state index in [1.54, 1.807) is 17.5 Å². The van der Waals surface area contributed by atoms with Crippen LogP contribution < -0.4 is 16.8 Å². The Hall–Kier alpha value is -2.50. The number of nitrogens with one attached hydrogen (secondary N) is 1. The number of urea groups is 2. The quantitative estimate of drug-likeness (QED) is 0.521. The summed E-state index contributed by atoms with van der Waals surface area (Å²) in [6.07, 6.45) is 5.88. The van der Waals surface area contributed by atoms with Gasteiger partial charge in [-0.05, 0) is 30.1 Å². The van der Waals surface area contributed by atoms with Gasteiger partial charge < -0.3 is 11.5 Å². The zero-order chi connectivity index (χ0) is 18.1. The van der Waals surface area contributed by atoms with Crippen molar-refractivity contribution in [3.8, 4) is 0 Å². The molecule has 9 nitrogen and oxygen atoms in total. The van der Waals surface area contributed by atoms with Gasteiger partial charge in [-0.15, -0.1) is 0 Å². The Balaban J connectivity index is 0.000000585. The molecule has 9 heteroatoms. The highest BCUT2D eigenvalue weighted by Crippen LogP contribution is 2.47. The molecule has 23 heavy (non-hydrogen) atoms. The number of rotatable bonds is 3. The molecular weight excluding hydrogens is 302 g/mol. The van der Waals surface area contributed by atoms with Gasteiger partial charge in [0.2, 0.25) is 12.2 Å². The summed E-state index contributed by atoms with van der Waals surface area (Å²) < 4.78 is 0. The molecule has 1 saturated carbocycles. The third-order valence-electron chi connectivity index (χ3n) is 3.43. The van der Waals surface area contributed by atoms with Crippen LogP contribution >= 0.6 is 0 Å². The number of primary amides is 2. The van der Waals surface area contributed by atoms with Gasteiger partial charge in [0.25, 0.3) is 0 Å². The third-order valence-corrected chi connectivity index (χ3v) is 3.43. The van der Waals surface area contributed by atoms with Gasteiger partial charge >= 0.3 is 12.1 Å². The van der Waals surface area contributed by atoms with Gasteiger partial charge in [-0.25, -0.2) is 29.2 Å². The molecular formula is C14H23N5O4. The number of nitrogens with two attached hydrogens (primary N) is 2. The number of amides is 4. The molecule has 2 atom stereocenters. The Labute approximate surface area is 134 Å². The number of imide groups is 1. The lowest BCUT2D eigenvalue weighted by Gasteiger charge is -2.44. The van der Waals surface area contributed by atoms with Crippen LogP contribution in [0.1, 0.15) is 40.0 Å². The van der Waals surface area contributed by atoms with Crippen molar-refractivity contribution in [3.05, 3.63) is 0 Å². The van der Waals surface area contributed by atoms with E-state index < -0.39 is 12.1 Å². The highest BCUT2D eigenvalue weighted by Gasteiger charge is 2.41. The molecule has 0 aromatic rings. The van der Waals surface area contributed by atoms with E-state index in [9.17, 15) is 19.2 Å². The molecule has 1 fully saturated rings. The fraction of sp³-hybridized carbons (Fsp3) is 0.714. The third kappa shape index (κ3) is 9.18. The van der Waals surface area contributed by atoms with Crippen LogP contribution in [0.25, 0.3) is 0 Å². The monoisotopic (exact) mass is 325 g/mol. The molecule has 1 aliphatic rings. The molecule has 0 aliphatic heterocycles. The summed E-state index contributed by atoms with van der Waals surface area (Å²) in [5.41, 5.74) is 8.94. The Morgan fingerprint density at radius 3 is 2.09 bits per heavy atom. The van der Waals surface area contributed by atoms with Gasteiger partial charge in [-0.3, -0.25) is 5.32 Å². The Bertz CT molecular complexity index is 523. The first-order valence-corrected chi connectivity index (χ1v) is 7.00. The lowest BCUT2D eigenvalue weighted by Crippen LogP contribution is -2.39. The van der Waals surface area contributed by atoms with E-state index in [4.69, 9.17) is 0 Å². The lowest BCUT2D eigenvalue weighted by atomic mass is 9.63. The summed E-state index contributed by atoms with van der Waals surface area (Å²) in [6, 6.07) is -1.87. The van der Waals surface area contributed by atoms with Crippen LogP contribution in [0.2, 0.25) is 0 Å². The van der Waals surface area contributed by atoms with Crippen LogP contribution in [0.3, 0.4) is 0 Å². The van der Waals surface area contributed by atoms with Crippen molar-refractivity contribution in [3.63, 3.8) is 0 Å². The number of isocyanates is 2. The minimum absolute atomic E-state index is 0.00750. The molecule has 0 saturated heterocycles. The van der Waals surface area contributed by atoms with Crippen LogP contribution in [-0.2, 0) is 9.59 Å². The van der Waals surface area contributed by atoms with Gasteiger partial charge in [0.15, 0.2) is 0 Å². The van der Waals surface area contributed by atoms with E-state index >= 15 is 0 Å². The second kappa shape index (κ2) is 8.82. The van der Waals surface area contributed by atoms with Crippen molar-refractivity contribution in [2.24, 2.45) is 32.3 Å². The largest absolute Gasteiger partial charge is 0.351 e. The smallest absolute Gasteiger partial charge is 0.320 e. The number of hydrogen-bond acceptors (Lipinski definition) is 6. The summed E-state index contributed by atoms with van der Waals surface area (Å²) in [5, 5.41) is 1.58. The van der Waals surface area contributed by atoms with Crippen LogP contribution in [0.5, 0.6) is 0 Å². The summed E-state index contributed by atoms with van der Waals surface area (Å²) in [5.74, 6) is 0. The molecule has 1 aliphatic carbocycles. The molecule has 0 spiro atoms. The summed E-state index contributed by atoms with van der Waals surface area (Å²) in [6.45, 7) is 6.86. The second-order valence-corrected chi connectivity index (χ2v) is 6.70. The maximum atomic E-state index is 10.3. The summed E-state index contributed by atoms with van der Waals surface area (Å²) in [7, 11) is 0. The maximum absolute atomic E-state index is 10.3. The van der Waals surface area contributed by atoms with E-state index in [0.29, 0.717) is 6.54 Å². The molecule has 0 bridgehead atoms. The maximum Gasteiger partial charge on any atom is 0.320 e. The van der Waals surface area contributed by atoms with Crippen molar-refractivity contribution >= 4 is 24.2 Å². The van der Waals surface area contributed by atoms with E-state index in [1.165, 1.54) is 0 Å². The average Bonchev–Trinajstić information content (AvgIpc) is 2.33. The standard InChI is InChI=1S/C12H18N2O2.C2H5N3O2/c1-11(2)4-10(14-9-16)5-12(3,6-11)7-13-8-15;3-1(6)5-2(4)7/h10H,4-7H2,1-3H3;(H5,3,4,5,6,7). The predicted octanol–water partition coefficient (Wildman–Crippen LogP) is 0.976. The van der Waals surface area contributed by atoms with Crippen molar-refractivity contribution in [2.45, 2.75) is 46.1 Å². The molecule has 5 N–H and O–H groups in total. The van der Waals surface area contributed by atoms with Crippen molar-refractivity contribution in [1.29, 1.82) is 0 Å². The molecule has 0 radical (unpaired) electrons. The van der Waals surface area contributed by atoms with Crippen molar-refractivity contribution in [2.75, 3.05) is 6.54 Å². The normalized spacial score (nSPS) is 24.7. The highest BCUT2D eigenvalue weighted by molar-refractivity contribution is 5.91. The number of nitrogens with zero attached hydrogens (tertiary/aromatic N) is 2. The zero-order valence-electron chi connectivity index (χ0n) is 13.6. The molecule has 0 aromatic heterocycles. The van der Waals surface area contributed by atoms with Crippen LogP contribution in [0.15, 0.2) is 9.98 Å². The van der Waals surface area contributed by atoms with Gasteiger partial charge in [-0.1, -0.05) is 20.8 Å². The second-order valence-electron chi connectivity index (χ2n) is 6.70. The fourth-order valence-corrected chi connectivity index (χ4v) is 3.21.